The van der Waals surface area contributed by atoms with Crippen LogP contribution in [-0.4, -0.2) is 18.2 Å². The number of amides is 1. The summed E-state index contributed by atoms with van der Waals surface area (Å²) in [5.74, 6) is 1.82. The van der Waals surface area contributed by atoms with Gasteiger partial charge in [-0.2, -0.15) is 11.8 Å². The van der Waals surface area contributed by atoms with Gasteiger partial charge < -0.3 is 5.32 Å². The summed E-state index contributed by atoms with van der Waals surface area (Å²) >= 11 is 7.89. The maximum atomic E-state index is 12.0. The molecular weight excluding hydrogens is 326 g/mol. The van der Waals surface area contributed by atoms with E-state index in [4.69, 9.17) is 11.6 Å². The SMILES string of the molecule is Cc1ccc(CC(=O)NCCSCc2ccccc2Cl)cc1C. The van der Waals surface area contributed by atoms with E-state index in [0.717, 1.165) is 27.7 Å². The first-order chi connectivity index (χ1) is 11.1. The predicted molar refractivity (Wildman–Crippen MR) is 100 cm³/mol. The Bertz CT molecular complexity index is 672. The lowest BCUT2D eigenvalue weighted by atomic mass is 10.0. The number of benzene rings is 2. The lowest BCUT2D eigenvalue weighted by molar-refractivity contribution is -0.120. The van der Waals surface area contributed by atoms with Crippen molar-refractivity contribution >= 4 is 29.3 Å². The first kappa shape index (κ1) is 17.9. The number of aryl methyl sites for hydroxylation is 2. The van der Waals surface area contributed by atoms with Crippen LogP contribution in [0.15, 0.2) is 42.5 Å². The van der Waals surface area contributed by atoms with Crippen molar-refractivity contribution in [2.24, 2.45) is 0 Å². The third-order valence-corrected chi connectivity index (χ3v) is 5.10. The third kappa shape index (κ3) is 5.92. The average Bonchev–Trinajstić information content (AvgIpc) is 2.52. The molecule has 0 heterocycles. The zero-order valence-corrected chi connectivity index (χ0v) is 15.1. The highest BCUT2D eigenvalue weighted by atomic mass is 35.5. The van der Waals surface area contributed by atoms with Crippen molar-refractivity contribution in [2.45, 2.75) is 26.0 Å². The lowest BCUT2D eigenvalue weighted by Gasteiger charge is -2.08. The number of halogens is 1. The van der Waals surface area contributed by atoms with Gasteiger partial charge in [-0.05, 0) is 42.2 Å². The second-order valence-electron chi connectivity index (χ2n) is 5.59. The van der Waals surface area contributed by atoms with E-state index in [1.165, 1.54) is 11.1 Å². The minimum absolute atomic E-state index is 0.0756. The molecule has 2 aromatic carbocycles. The predicted octanol–water partition coefficient (Wildman–Crippen LogP) is 4.55. The highest BCUT2D eigenvalue weighted by Gasteiger charge is 2.04. The fourth-order valence-electron chi connectivity index (χ4n) is 2.22. The summed E-state index contributed by atoms with van der Waals surface area (Å²) in [6, 6.07) is 14.0. The van der Waals surface area contributed by atoms with Crippen LogP contribution in [0, 0.1) is 13.8 Å². The summed E-state index contributed by atoms with van der Waals surface area (Å²) < 4.78 is 0. The monoisotopic (exact) mass is 347 g/mol. The molecule has 23 heavy (non-hydrogen) atoms. The standard InChI is InChI=1S/C19H22ClNOS/c1-14-7-8-16(11-15(14)2)12-19(22)21-9-10-23-13-17-5-3-4-6-18(17)20/h3-8,11H,9-10,12-13H2,1-2H3,(H,21,22). The van der Waals surface area contributed by atoms with Gasteiger partial charge in [-0.3, -0.25) is 4.79 Å². The zero-order valence-electron chi connectivity index (χ0n) is 13.6. The Labute approximate surface area is 147 Å². The summed E-state index contributed by atoms with van der Waals surface area (Å²) in [6.07, 6.45) is 0.441. The first-order valence-electron chi connectivity index (χ1n) is 7.70. The van der Waals surface area contributed by atoms with Crippen LogP contribution in [-0.2, 0) is 17.0 Å². The minimum atomic E-state index is 0.0756. The van der Waals surface area contributed by atoms with E-state index < -0.39 is 0 Å². The number of hydrogen-bond acceptors (Lipinski definition) is 2. The number of nitrogens with one attached hydrogen (secondary N) is 1. The Morgan fingerprint density at radius 3 is 2.65 bits per heavy atom. The zero-order chi connectivity index (χ0) is 16.7. The van der Waals surface area contributed by atoms with Crippen molar-refractivity contribution in [3.05, 3.63) is 69.7 Å². The van der Waals surface area contributed by atoms with Crippen LogP contribution in [0.3, 0.4) is 0 Å². The quantitative estimate of drug-likeness (QED) is 0.744. The van der Waals surface area contributed by atoms with Crippen molar-refractivity contribution in [3.63, 3.8) is 0 Å². The summed E-state index contributed by atoms with van der Waals surface area (Å²) in [5, 5.41) is 3.78. The molecule has 2 nitrogen and oxygen atoms in total. The average molecular weight is 348 g/mol. The molecule has 1 N–H and O–H groups in total. The molecule has 0 unspecified atom stereocenters. The summed E-state index contributed by atoms with van der Waals surface area (Å²) in [4.78, 5) is 12.0. The van der Waals surface area contributed by atoms with Gasteiger partial charge in [0.2, 0.25) is 5.91 Å². The molecule has 0 saturated carbocycles. The Balaban J connectivity index is 1.67. The van der Waals surface area contributed by atoms with Crippen molar-refractivity contribution < 1.29 is 4.79 Å². The maximum Gasteiger partial charge on any atom is 0.224 e. The van der Waals surface area contributed by atoms with Crippen molar-refractivity contribution in [3.8, 4) is 0 Å². The lowest BCUT2D eigenvalue weighted by Crippen LogP contribution is -2.27. The highest BCUT2D eigenvalue weighted by Crippen LogP contribution is 2.20. The Morgan fingerprint density at radius 1 is 1.13 bits per heavy atom. The van der Waals surface area contributed by atoms with Gasteiger partial charge in [-0.15, -0.1) is 0 Å². The number of thioether (sulfide) groups is 1. The van der Waals surface area contributed by atoms with E-state index in [1.807, 2.05) is 30.3 Å². The van der Waals surface area contributed by atoms with E-state index >= 15 is 0 Å². The van der Waals surface area contributed by atoms with Gasteiger partial charge in [-0.25, -0.2) is 0 Å². The number of carbonyl (C=O) groups excluding carboxylic acids is 1. The van der Waals surface area contributed by atoms with Crippen LogP contribution >= 0.6 is 23.4 Å². The largest absolute Gasteiger partial charge is 0.355 e. The smallest absolute Gasteiger partial charge is 0.224 e. The molecule has 0 fully saturated rings. The third-order valence-electron chi connectivity index (χ3n) is 3.72. The summed E-state index contributed by atoms with van der Waals surface area (Å²) in [5.41, 5.74) is 4.69. The molecule has 4 heteroatoms. The van der Waals surface area contributed by atoms with E-state index in [1.54, 1.807) is 11.8 Å². The van der Waals surface area contributed by atoms with Gasteiger partial charge in [0.1, 0.15) is 0 Å². The molecule has 0 saturated heterocycles. The van der Waals surface area contributed by atoms with E-state index in [-0.39, 0.29) is 5.91 Å². The topological polar surface area (TPSA) is 29.1 Å². The van der Waals surface area contributed by atoms with Crippen LogP contribution in [0.4, 0.5) is 0 Å². The van der Waals surface area contributed by atoms with Gasteiger partial charge in [0.15, 0.2) is 0 Å². The molecule has 2 rings (SSSR count). The van der Waals surface area contributed by atoms with Crippen LogP contribution in [0.25, 0.3) is 0 Å². The van der Waals surface area contributed by atoms with Gasteiger partial charge in [-0.1, -0.05) is 48.0 Å². The van der Waals surface area contributed by atoms with Gasteiger partial charge in [0, 0.05) is 23.1 Å². The Kier molecular flexibility index (Phi) is 7.00. The van der Waals surface area contributed by atoms with Crippen LogP contribution in [0.5, 0.6) is 0 Å². The van der Waals surface area contributed by atoms with Crippen LogP contribution in [0.1, 0.15) is 22.3 Å². The number of hydrogen-bond donors (Lipinski definition) is 1. The summed E-state index contributed by atoms with van der Waals surface area (Å²) in [6.45, 7) is 4.83. The van der Waals surface area contributed by atoms with Crippen molar-refractivity contribution in [1.29, 1.82) is 0 Å². The molecular formula is C19H22ClNOS. The van der Waals surface area contributed by atoms with Gasteiger partial charge >= 0.3 is 0 Å². The highest BCUT2D eigenvalue weighted by molar-refractivity contribution is 7.98. The van der Waals surface area contributed by atoms with E-state index in [9.17, 15) is 4.79 Å². The van der Waals surface area contributed by atoms with E-state index in [0.29, 0.717) is 13.0 Å². The number of rotatable bonds is 7. The number of carbonyl (C=O) groups is 1. The molecule has 0 aromatic heterocycles. The molecule has 0 radical (unpaired) electrons. The second kappa shape index (κ2) is 8.99. The van der Waals surface area contributed by atoms with Crippen LogP contribution < -0.4 is 5.32 Å². The molecule has 0 spiro atoms. The fourth-order valence-corrected chi connectivity index (χ4v) is 3.37. The van der Waals surface area contributed by atoms with Crippen LogP contribution in [0.2, 0.25) is 5.02 Å². The van der Waals surface area contributed by atoms with Crippen molar-refractivity contribution in [1.82, 2.24) is 5.32 Å². The fraction of sp³-hybridized carbons (Fsp3) is 0.316. The normalized spacial score (nSPS) is 10.6. The molecule has 0 aliphatic heterocycles. The molecule has 0 aliphatic carbocycles. The second-order valence-corrected chi connectivity index (χ2v) is 7.10. The first-order valence-corrected chi connectivity index (χ1v) is 9.23. The molecule has 1 amide bonds. The molecule has 122 valence electrons. The molecule has 0 atom stereocenters. The summed E-state index contributed by atoms with van der Waals surface area (Å²) in [7, 11) is 0. The molecule has 2 aromatic rings. The molecule has 0 aliphatic rings. The molecule has 0 bridgehead atoms. The van der Waals surface area contributed by atoms with Gasteiger partial charge in [0.25, 0.3) is 0 Å². The van der Waals surface area contributed by atoms with Gasteiger partial charge in [0.05, 0.1) is 6.42 Å². The Hall–Kier alpha value is -1.45. The van der Waals surface area contributed by atoms with Crippen molar-refractivity contribution in [2.75, 3.05) is 12.3 Å². The maximum absolute atomic E-state index is 12.0. The minimum Gasteiger partial charge on any atom is -0.355 e. The van der Waals surface area contributed by atoms with E-state index in [2.05, 4.69) is 31.3 Å². The Morgan fingerprint density at radius 2 is 1.91 bits per heavy atom.